The van der Waals surface area contributed by atoms with Crippen molar-refractivity contribution in [1.29, 1.82) is 0 Å². The number of nitrogens with zero attached hydrogens (tertiary/aromatic N) is 1. The Balaban J connectivity index is 1.49. The summed E-state index contributed by atoms with van der Waals surface area (Å²) in [6.07, 6.45) is 4.09. The van der Waals surface area contributed by atoms with Gasteiger partial charge in [0, 0.05) is 25.7 Å². The monoisotopic (exact) mass is 384 g/mol. The maximum atomic E-state index is 13.4. The van der Waals surface area contributed by atoms with Crippen LogP contribution < -0.4 is 5.32 Å². The summed E-state index contributed by atoms with van der Waals surface area (Å²) in [4.78, 5) is 14.9. The van der Waals surface area contributed by atoms with Crippen LogP contribution in [0.2, 0.25) is 0 Å². The summed E-state index contributed by atoms with van der Waals surface area (Å²) in [5.41, 5.74) is 2.06. The van der Waals surface area contributed by atoms with Gasteiger partial charge in [0.15, 0.2) is 0 Å². The van der Waals surface area contributed by atoms with Gasteiger partial charge in [-0.05, 0) is 67.0 Å². The van der Waals surface area contributed by atoms with Gasteiger partial charge in [-0.15, -0.1) is 0 Å². The number of piperidine rings is 1. The van der Waals surface area contributed by atoms with Crippen LogP contribution in [0.15, 0.2) is 48.5 Å². The van der Waals surface area contributed by atoms with Crippen LogP contribution in [0.25, 0.3) is 0 Å². The molecule has 148 valence electrons. The number of benzene rings is 2. The Morgan fingerprint density at radius 3 is 2.21 bits per heavy atom. The molecular formula is C23H26F2N2O. The smallest absolute Gasteiger partial charge is 0.224 e. The second-order valence-corrected chi connectivity index (χ2v) is 8.09. The maximum absolute atomic E-state index is 13.4. The molecule has 0 radical (unpaired) electrons. The van der Waals surface area contributed by atoms with Crippen molar-refractivity contribution in [1.82, 2.24) is 10.2 Å². The van der Waals surface area contributed by atoms with E-state index in [-0.39, 0.29) is 29.5 Å². The third-order valence-electron chi connectivity index (χ3n) is 5.87. The highest BCUT2D eigenvalue weighted by molar-refractivity contribution is 5.79. The molecule has 1 amide bonds. The first-order valence-corrected chi connectivity index (χ1v) is 10.1. The second-order valence-electron chi connectivity index (χ2n) is 8.09. The molecule has 0 bridgehead atoms. The van der Waals surface area contributed by atoms with Crippen molar-refractivity contribution in [2.24, 2.45) is 11.8 Å². The van der Waals surface area contributed by atoms with Gasteiger partial charge in [-0.3, -0.25) is 9.69 Å². The minimum Gasteiger partial charge on any atom is -0.356 e. The van der Waals surface area contributed by atoms with E-state index in [4.69, 9.17) is 0 Å². The number of amides is 1. The molecule has 2 aromatic rings. The number of carbonyl (C=O) groups excluding carboxylic acids is 1. The molecule has 0 spiro atoms. The average molecular weight is 384 g/mol. The Bertz CT molecular complexity index is 802. The predicted molar refractivity (Wildman–Crippen MR) is 104 cm³/mol. The van der Waals surface area contributed by atoms with E-state index in [1.807, 2.05) is 12.1 Å². The van der Waals surface area contributed by atoms with Gasteiger partial charge in [-0.25, -0.2) is 8.78 Å². The number of hydrogen-bond donors (Lipinski definition) is 1. The maximum Gasteiger partial charge on any atom is 0.224 e. The van der Waals surface area contributed by atoms with E-state index in [9.17, 15) is 13.6 Å². The molecule has 28 heavy (non-hydrogen) atoms. The highest BCUT2D eigenvalue weighted by Crippen LogP contribution is 2.35. The first-order valence-electron chi connectivity index (χ1n) is 10.1. The zero-order chi connectivity index (χ0) is 19.5. The van der Waals surface area contributed by atoms with Crippen molar-refractivity contribution in [2.75, 3.05) is 13.1 Å². The number of rotatable bonds is 6. The first-order chi connectivity index (χ1) is 13.6. The molecule has 2 atom stereocenters. The summed E-state index contributed by atoms with van der Waals surface area (Å²) in [5, 5.41) is 3.10. The van der Waals surface area contributed by atoms with E-state index in [2.05, 4.69) is 10.2 Å². The van der Waals surface area contributed by atoms with Crippen molar-refractivity contribution >= 4 is 5.91 Å². The van der Waals surface area contributed by atoms with Crippen LogP contribution in [0.3, 0.4) is 0 Å². The largest absolute Gasteiger partial charge is 0.356 e. The van der Waals surface area contributed by atoms with Crippen LogP contribution >= 0.6 is 0 Å². The Labute approximate surface area is 164 Å². The standard InChI is InChI=1S/C23H26F2N2O/c24-20-8-3-17(4-9-20)14-27-15-19(23(28)26-13-16-1-2-16)7-12-22(27)18-5-10-21(25)11-6-18/h3-6,8-11,16,19,22H,1-2,7,12-15H2,(H,26,28). The van der Waals surface area contributed by atoms with E-state index < -0.39 is 0 Å². The topological polar surface area (TPSA) is 32.3 Å². The number of likely N-dealkylation sites (tertiary alicyclic amines) is 1. The lowest BCUT2D eigenvalue weighted by Crippen LogP contribution is -2.44. The van der Waals surface area contributed by atoms with Crippen LogP contribution in [0, 0.1) is 23.5 Å². The molecule has 1 saturated carbocycles. The molecule has 1 saturated heterocycles. The number of carbonyl (C=O) groups is 1. The molecule has 1 heterocycles. The van der Waals surface area contributed by atoms with E-state index in [1.165, 1.54) is 37.1 Å². The molecule has 4 rings (SSSR count). The van der Waals surface area contributed by atoms with Crippen molar-refractivity contribution < 1.29 is 13.6 Å². The lowest BCUT2D eigenvalue weighted by molar-refractivity contribution is -0.127. The predicted octanol–water partition coefficient (Wildman–Crippen LogP) is 4.44. The fourth-order valence-electron chi connectivity index (χ4n) is 4.03. The quantitative estimate of drug-likeness (QED) is 0.798. The summed E-state index contributed by atoms with van der Waals surface area (Å²) < 4.78 is 26.6. The van der Waals surface area contributed by atoms with Gasteiger partial charge in [0.1, 0.15) is 11.6 Å². The van der Waals surface area contributed by atoms with Gasteiger partial charge < -0.3 is 5.32 Å². The minimum absolute atomic E-state index is 0.0455. The zero-order valence-corrected chi connectivity index (χ0v) is 15.9. The van der Waals surface area contributed by atoms with Crippen LogP contribution in [-0.2, 0) is 11.3 Å². The minimum atomic E-state index is -0.255. The van der Waals surface area contributed by atoms with E-state index >= 15 is 0 Å². The highest BCUT2D eigenvalue weighted by atomic mass is 19.1. The normalized spacial score (nSPS) is 22.8. The van der Waals surface area contributed by atoms with Gasteiger partial charge in [0.2, 0.25) is 5.91 Å². The van der Waals surface area contributed by atoms with E-state index in [0.717, 1.165) is 30.5 Å². The van der Waals surface area contributed by atoms with E-state index in [0.29, 0.717) is 19.0 Å². The molecule has 5 heteroatoms. The van der Waals surface area contributed by atoms with Gasteiger partial charge in [-0.1, -0.05) is 24.3 Å². The van der Waals surface area contributed by atoms with Crippen molar-refractivity contribution in [3.05, 3.63) is 71.3 Å². The summed E-state index contributed by atoms with van der Waals surface area (Å²) in [6, 6.07) is 13.2. The van der Waals surface area contributed by atoms with Crippen LogP contribution in [0.1, 0.15) is 42.9 Å². The van der Waals surface area contributed by atoms with Crippen LogP contribution in [0.5, 0.6) is 0 Å². The Morgan fingerprint density at radius 1 is 0.929 bits per heavy atom. The average Bonchev–Trinajstić information content (AvgIpc) is 3.53. The lowest BCUT2D eigenvalue weighted by Gasteiger charge is -2.39. The van der Waals surface area contributed by atoms with Crippen LogP contribution in [-0.4, -0.2) is 23.9 Å². The summed E-state index contributed by atoms with van der Waals surface area (Å²) in [5.74, 6) is 0.246. The molecule has 1 N–H and O–H groups in total. The Morgan fingerprint density at radius 2 is 1.57 bits per heavy atom. The molecule has 1 aliphatic carbocycles. The number of hydrogen-bond acceptors (Lipinski definition) is 2. The van der Waals surface area contributed by atoms with Crippen LogP contribution in [0.4, 0.5) is 8.78 Å². The van der Waals surface area contributed by atoms with Crippen molar-refractivity contribution in [3.8, 4) is 0 Å². The zero-order valence-electron chi connectivity index (χ0n) is 15.9. The van der Waals surface area contributed by atoms with Gasteiger partial charge in [0.05, 0.1) is 5.92 Å². The summed E-state index contributed by atoms with van der Waals surface area (Å²) >= 11 is 0. The SMILES string of the molecule is O=C(NCC1CC1)C1CCC(c2ccc(F)cc2)N(Cc2ccc(F)cc2)C1. The van der Waals surface area contributed by atoms with Gasteiger partial charge in [-0.2, -0.15) is 0 Å². The number of halogens is 2. The second kappa shape index (κ2) is 8.39. The van der Waals surface area contributed by atoms with Crippen molar-refractivity contribution in [2.45, 2.75) is 38.3 Å². The molecule has 0 aromatic heterocycles. The van der Waals surface area contributed by atoms with E-state index in [1.54, 1.807) is 12.1 Å². The third-order valence-corrected chi connectivity index (χ3v) is 5.87. The molecule has 2 aliphatic rings. The fourth-order valence-corrected chi connectivity index (χ4v) is 4.03. The summed E-state index contributed by atoms with van der Waals surface area (Å²) in [7, 11) is 0. The Hall–Kier alpha value is -2.27. The lowest BCUT2D eigenvalue weighted by atomic mass is 9.88. The number of nitrogens with one attached hydrogen (secondary N) is 1. The molecular weight excluding hydrogens is 358 g/mol. The first kappa shape index (κ1) is 19.1. The highest BCUT2D eigenvalue weighted by Gasteiger charge is 2.33. The van der Waals surface area contributed by atoms with Crippen molar-refractivity contribution in [3.63, 3.8) is 0 Å². The summed E-state index contributed by atoms with van der Waals surface area (Å²) in [6.45, 7) is 2.07. The molecule has 1 aliphatic heterocycles. The molecule has 2 aromatic carbocycles. The van der Waals surface area contributed by atoms with Gasteiger partial charge in [0.25, 0.3) is 0 Å². The molecule has 2 unspecified atom stereocenters. The molecule has 2 fully saturated rings. The molecule has 3 nitrogen and oxygen atoms in total. The third kappa shape index (κ3) is 4.76. The Kier molecular flexibility index (Phi) is 5.72. The fraction of sp³-hybridized carbons (Fsp3) is 0.435. The van der Waals surface area contributed by atoms with Gasteiger partial charge >= 0.3 is 0 Å².